The van der Waals surface area contributed by atoms with Crippen LogP contribution in [0.5, 0.6) is 0 Å². The molecule has 1 unspecified atom stereocenters. The number of nitrogens with zero attached hydrogens (tertiary/aromatic N) is 5. The van der Waals surface area contributed by atoms with Crippen molar-refractivity contribution in [3.05, 3.63) is 89.1 Å². The molecule has 3 aliphatic rings. The van der Waals surface area contributed by atoms with Crippen LogP contribution in [0.25, 0.3) is 11.1 Å². The molecule has 2 fully saturated rings. The Morgan fingerprint density at radius 1 is 0.923 bits per heavy atom. The average Bonchev–Trinajstić information content (AvgIpc) is 3.68. The summed E-state index contributed by atoms with van der Waals surface area (Å²) in [6, 6.07) is 13.4. The van der Waals surface area contributed by atoms with Gasteiger partial charge >= 0.3 is 0 Å². The normalized spacial score (nSPS) is 22.7. The van der Waals surface area contributed by atoms with Crippen molar-refractivity contribution in [2.45, 2.75) is 44.2 Å². The fraction of sp³-hybridized carbons (Fsp3) is 0.400. The van der Waals surface area contributed by atoms with Crippen LogP contribution in [0, 0.1) is 5.41 Å². The number of fused-ring (bicyclic) bond motifs is 1. The predicted molar refractivity (Wildman–Crippen MR) is 147 cm³/mol. The first-order chi connectivity index (χ1) is 18.9. The Balaban J connectivity index is 1.20. The molecule has 9 heteroatoms. The van der Waals surface area contributed by atoms with Gasteiger partial charge in [0.05, 0.1) is 12.1 Å². The standard InChI is InChI=1S/C30H33N5O4/c36-26-25-9-6-18-35(25)31-22-34(26)21-29(39)14-19-33(20-15-29)28(38)30(27(37)32-16-4-5-17-32)12-10-24(11-13-30)23-7-2-1-3-8-23/h1-3,6-12,18,22,39H,4-5,13-17,19-21H2. The van der Waals surface area contributed by atoms with Crippen molar-refractivity contribution < 1.29 is 14.7 Å². The van der Waals surface area contributed by atoms with Crippen LogP contribution in [0.4, 0.5) is 0 Å². The zero-order chi connectivity index (χ0) is 27.0. The van der Waals surface area contributed by atoms with Gasteiger partial charge in [-0.05, 0) is 55.4 Å². The lowest BCUT2D eigenvalue weighted by atomic mass is 9.75. The van der Waals surface area contributed by atoms with E-state index in [4.69, 9.17) is 0 Å². The Bertz CT molecular complexity index is 1510. The maximum atomic E-state index is 14.1. The topological polar surface area (TPSA) is 100 Å². The number of rotatable bonds is 5. The molecular weight excluding hydrogens is 494 g/mol. The molecule has 9 nitrogen and oxygen atoms in total. The van der Waals surface area contributed by atoms with Crippen LogP contribution in [0.15, 0.2) is 78.0 Å². The third kappa shape index (κ3) is 4.61. The second-order valence-corrected chi connectivity index (χ2v) is 11.0. The highest BCUT2D eigenvalue weighted by atomic mass is 16.3. The Morgan fingerprint density at radius 3 is 2.28 bits per heavy atom. The van der Waals surface area contributed by atoms with Crippen LogP contribution < -0.4 is 5.56 Å². The molecule has 202 valence electrons. The number of aliphatic hydroxyl groups is 1. The third-order valence-corrected chi connectivity index (χ3v) is 8.42. The van der Waals surface area contributed by atoms with Gasteiger partial charge in [-0.15, -0.1) is 0 Å². The highest BCUT2D eigenvalue weighted by Crippen LogP contribution is 2.39. The molecule has 0 bridgehead atoms. The minimum atomic E-state index is -1.28. The maximum Gasteiger partial charge on any atom is 0.277 e. The van der Waals surface area contributed by atoms with Crippen LogP contribution >= 0.6 is 0 Å². The van der Waals surface area contributed by atoms with E-state index in [2.05, 4.69) is 5.10 Å². The second-order valence-electron chi connectivity index (χ2n) is 11.0. The van der Waals surface area contributed by atoms with Crippen LogP contribution in [0.2, 0.25) is 0 Å². The SMILES string of the molecule is O=C(N1CCCC1)C1(C(=O)N2CCC(O)(Cn3cnn4cccc4c3=O)CC2)C=CC(c2ccccc2)=CC1. The van der Waals surface area contributed by atoms with Gasteiger partial charge in [0.15, 0.2) is 0 Å². The molecule has 0 radical (unpaired) electrons. The largest absolute Gasteiger partial charge is 0.388 e. The molecule has 0 spiro atoms. The Kier molecular flexibility index (Phi) is 6.46. The summed E-state index contributed by atoms with van der Waals surface area (Å²) >= 11 is 0. The molecule has 1 aliphatic carbocycles. The number of carbonyl (C=O) groups is 2. The van der Waals surface area contributed by atoms with Gasteiger partial charge in [0.25, 0.3) is 5.56 Å². The van der Waals surface area contributed by atoms with Crippen LogP contribution in [-0.4, -0.2) is 72.7 Å². The Morgan fingerprint density at radius 2 is 1.62 bits per heavy atom. The van der Waals surface area contributed by atoms with Gasteiger partial charge in [0.1, 0.15) is 17.3 Å². The quantitative estimate of drug-likeness (QED) is 0.514. The summed E-state index contributed by atoms with van der Waals surface area (Å²) in [5, 5.41) is 15.6. The van der Waals surface area contributed by atoms with Gasteiger partial charge in [0, 0.05) is 32.4 Å². The number of amides is 2. The van der Waals surface area contributed by atoms with Crippen LogP contribution in [0.1, 0.15) is 37.7 Å². The molecule has 2 saturated heterocycles. The van der Waals surface area contributed by atoms with Crippen molar-refractivity contribution in [1.29, 1.82) is 0 Å². The lowest BCUT2D eigenvalue weighted by Gasteiger charge is -2.42. The molecule has 6 rings (SSSR count). The summed E-state index contributed by atoms with van der Waals surface area (Å²) in [5.41, 5.74) is -0.149. The van der Waals surface area contributed by atoms with Crippen molar-refractivity contribution in [2.24, 2.45) is 5.41 Å². The van der Waals surface area contributed by atoms with E-state index >= 15 is 0 Å². The first-order valence-corrected chi connectivity index (χ1v) is 13.7. The number of hydrogen-bond acceptors (Lipinski definition) is 5. The molecule has 1 aromatic carbocycles. The molecule has 2 aliphatic heterocycles. The van der Waals surface area contributed by atoms with Gasteiger partial charge in [-0.25, -0.2) is 4.52 Å². The van der Waals surface area contributed by atoms with Crippen LogP contribution in [-0.2, 0) is 16.1 Å². The van der Waals surface area contributed by atoms with Crippen molar-refractivity contribution in [2.75, 3.05) is 26.2 Å². The summed E-state index contributed by atoms with van der Waals surface area (Å²) in [6.07, 6.45) is 11.7. The summed E-state index contributed by atoms with van der Waals surface area (Å²) < 4.78 is 2.95. The Hall–Kier alpha value is -3.98. The highest BCUT2D eigenvalue weighted by Gasteiger charge is 2.50. The zero-order valence-electron chi connectivity index (χ0n) is 21.9. The van der Waals surface area contributed by atoms with E-state index in [1.165, 1.54) is 15.4 Å². The summed E-state index contributed by atoms with van der Waals surface area (Å²) in [7, 11) is 0. The monoisotopic (exact) mass is 527 g/mol. The molecule has 2 aromatic heterocycles. The second kappa shape index (κ2) is 9.96. The average molecular weight is 528 g/mol. The lowest BCUT2D eigenvalue weighted by molar-refractivity contribution is -0.154. The number of aromatic nitrogens is 3. The van der Waals surface area contributed by atoms with Crippen molar-refractivity contribution in [3.63, 3.8) is 0 Å². The van der Waals surface area contributed by atoms with E-state index in [0.717, 1.165) is 24.0 Å². The Labute approximate surface area is 226 Å². The molecule has 3 aromatic rings. The minimum Gasteiger partial charge on any atom is -0.388 e. The fourth-order valence-corrected chi connectivity index (χ4v) is 6.05. The molecule has 1 atom stereocenters. The van der Waals surface area contributed by atoms with Gasteiger partial charge < -0.3 is 14.9 Å². The maximum absolute atomic E-state index is 14.1. The summed E-state index contributed by atoms with van der Waals surface area (Å²) in [6.45, 7) is 2.06. The number of hydrogen-bond donors (Lipinski definition) is 1. The fourth-order valence-electron chi connectivity index (χ4n) is 6.05. The zero-order valence-corrected chi connectivity index (χ0v) is 21.9. The van der Waals surface area contributed by atoms with E-state index in [0.29, 0.717) is 51.0 Å². The van der Waals surface area contributed by atoms with Crippen molar-refractivity contribution in [1.82, 2.24) is 24.0 Å². The number of allylic oxidation sites excluding steroid dienone is 3. The number of benzene rings is 1. The molecule has 39 heavy (non-hydrogen) atoms. The van der Waals surface area contributed by atoms with Crippen LogP contribution in [0.3, 0.4) is 0 Å². The smallest absolute Gasteiger partial charge is 0.277 e. The molecule has 0 saturated carbocycles. The molecule has 1 N–H and O–H groups in total. The summed E-state index contributed by atoms with van der Waals surface area (Å²) in [4.78, 5) is 44.3. The van der Waals surface area contributed by atoms with E-state index in [-0.39, 0.29) is 23.9 Å². The molecule has 2 amide bonds. The highest BCUT2D eigenvalue weighted by molar-refractivity contribution is 6.08. The first kappa shape index (κ1) is 25.3. The van der Waals surface area contributed by atoms with Gasteiger partial charge in [-0.1, -0.05) is 48.6 Å². The van der Waals surface area contributed by atoms with E-state index in [1.807, 2.05) is 47.4 Å². The summed E-state index contributed by atoms with van der Waals surface area (Å²) in [5.74, 6) is -0.349. The first-order valence-electron chi connectivity index (χ1n) is 13.7. The van der Waals surface area contributed by atoms with Crippen molar-refractivity contribution in [3.8, 4) is 0 Å². The number of likely N-dealkylation sites (tertiary alicyclic amines) is 2. The van der Waals surface area contributed by atoms with Gasteiger partial charge in [0.2, 0.25) is 11.8 Å². The molecular formula is C30H33N5O4. The van der Waals surface area contributed by atoms with E-state index in [1.54, 1.807) is 29.3 Å². The van der Waals surface area contributed by atoms with E-state index < -0.39 is 11.0 Å². The lowest BCUT2D eigenvalue weighted by Crippen LogP contribution is -2.56. The van der Waals surface area contributed by atoms with Gasteiger partial charge in [-0.3, -0.25) is 19.0 Å². The minimum absolute atomic E-state index is 0.101. The number of carbonyl (C=O) groups excluding carboxylic acids is 2. The van der Waals surface area contributed by atoms with E-state index in [9.17, 15) is 19.5 Å². The predicted octanol–water partition coefficient (Wildman–Crippen LogP) is 2.50. The number of piperidine rings is 1. The third-order valence-electron chi connectivity index (χ3n) is 8.42. The molecule has 4 heterocycles. The van der Waals surface area contributed by atoms with Crippen molar-refractivity contribution >= 4 is 22.9 Å². The van der Waals surface area contributed by atoms with Gasteiger partial charge in [-0.2, -0.15) is 5.10 Å².